The van der Waals surface area contributed by atoms with Gasteiger partial charge in [0.1, 0.15) is 0 Å². The number of hydrogen-bond acceptors (Lipinski definition) is 2. The van der Waals surface area contributed by atoms with Crippen molar-refractivity contribution in [3.8, 4) is 0 Å². The van der Waals surface area contributed by atoms with Crippen LogP contribution in [0, 0.1) is 0 Å². The third-order valence-electron chi connectivity index (χ3n) is 3.87. The molecule has 100 valence electrons. The molecule has 1 saturated heterocycles. The van der Waals surface area contributed by atoms with Gasteiger partial charge in [0, 0.05) is 17.3 Å². The maximum atomic E-state index is 6.08. The minimum atomic E-state index is 0. The number of anilines is 1. The van der Waals surface area contributed by atoms with E-state index in [0.29, 0.717) is 12.1 Å². The number of nitrogens with zero attached hydrogens (tertiary/aromatic N) is 1. The largest absolute Gasteiger partial charge is 0.374 e. The maximum Gasteiger partial charge on any atom is 0.0779 e. The van der Waals surface area contributed by atoms with Gasteiger partial charge in [0.15, 0.2) is 0 Å². The molecular weight excluding hydrogens is 269 g/mol. The van der Waals surface area contributed by atoms with Gasteiger partial charge < -0.3 is 9.64 Å². The first kappa shape index (κ1) is 14.0. The predicted molar refractivity (Wildman–Crippen MR) is 78.0 cm³/mol. The molecule has 2 aliphatic rings. The first-order chi connectivity index (χ1) is 8.34. The molecule has 0 radical (unpaired) electrons. The molecule has 0 aromatic heterocycles. The highest BCUT2D eigenvalue weighted by molar-refractivity contribution is 6.30. The normalized spacial score (nSPS) is 27.3. The molecule has 1 aliphatic heterocycles. The summed E-state index contributed by atoms with van der Waals surface area (Å²) in [5.41, 5.74) is 1.25. The Balaban J connectivity index is 0.00000120. The Hall–Kier alpha value is -0.440. The quantitative estimate of drug-likeness (QED) is 0.777. The summed E-state index contributed by atoms with van der Waals surface area (Å²) in [7, 11) is 0. The number of benzene rings is 1. The van der Waals surface area contributed by atoms with E-state index in [4.69, 9.17) is 16.3 Å². The van der Waals surface area contributed by atoms with Gasteiger partial charge in [0.05, 0.1) is 18.8 Å². The highest BCUT2D eigenvalue weighted by Crippen LogP contribution is 2.32. The molecule has 1 aromatic rings. The third-order valence-corrected chi connectivity index (χ3v) is 4.11. The van der Waals surface area contributed by atoms with E-state index in [1.54, 1.807) is 0 Å². The fourth-order valence-electron chi connectivity index (χ4n) is 3.07. The number of hydrogen-bond donors (Lipinski definition) is 0. The van der Waals surface area contributed by atoms with Gasteiger partial charge in [0.25, 0.3) is 0 Å². The van der Waals surface area contributed by atoms with Gasteiger partial charge in [-0.1, -0.05) is 30.5 Å². The van der Waals surface area contributed by atoms with Crippen molar-refractivity contribution in [1.82, 2.24) is 0 Å². The topological polar surface area (TPSA) is 12.5 Å². The van der Waals surface area contributed by atoms with Crippen LogP contribution in [0.2, 0.25) is 5.02 Å². The summed E-state index contributed by atoms with van der Waals surface area (Å²) in [5.74, 6) is 0. The second-order valence-corrected chi connectivity index (χ2v) is 5.37. The first-order valence-electron chi connectivity index (χ1n) is 6.48. The lowest BCUT2D eigenvalue weighted by molar-refractivity contribution is -0.00867. The molecule has 4 heteroatoms. The Bertz CT molecular complexity index is 397. The van der Waals surface area contributed by atoms with Crippen molar-refractivity contribution in [3.63, 3.8) is 0 Å². The molecule has 1 aliphatic carbocycles. The molecule has 1 saturated carbocycles. The molecule has 0 unspecified atom stereocenters. The lowest BCUT2D eigenvalue weighted by atomic mass is 9.90. The molecule has 1 aromatic carbocycles. The molecule has 0 bridgehead atoms. The number of ether oxygens (including phenoxy) is 1. The summed E-state index contributed by atoms with van der Waals surface area (Å²) in [4.78, 5) is 2.49. The Labute approximate surface area is 120 Å². The zero-order valence-corrected chi connectivity index (χ0v) is 11.9. The molecule has 2 atom stereocenters. The number of rotatable bonds is 1. The van der Waals surface area contributed by atoms with Crippen molar-refractivity contribution < 1.29 is 4.74 Å². The predicted octanol–water partition coefficient (Wildman–Crippen LogP) is 3.91. The van der Waals surface area contributed by atoms with E-state index in [1.165, 1.54) is 31.4 Å². The lowest BCUT2D eigenvalue weighted by Crippen LogP contribution is -2.52. The molecule has 0 spiro atoms. The summed E-state index contributed by atoms with van der Waals surface area (Å²) < 4.78 is 5.89. The van der Waals surface area contributed by atoms with Crippen LogP contribution >= 0.6 is 24.0 Å². The summed E-state index contributed by atoms with van der Waals surface area (Å²) >= 11 is 6.08. The fourth-order valence-corrected chi connectivity index (χ4v) is 3.26. The summed E-state index contributed by atoms with van der Waals surface area (Å²) in [6, 6.07) is 8.74. The first-order valence-corrected chi connectivity index (χ1v) is 6.86. The summed E-state index contributed by atoms with van der Waals surface area (Å²) in [6.07, 6.45) is 5.52. The van der Waals surface area contributed by atoms with Crippen LogP contribution in [0.25, 0.3) is 0 Å². The SMILES string of the molecule is Cl.Clc1cccc(N2CCO[C@@H]3CCCC[C@H]32)c1. The molecule has 3 rings (SSSR count). The van der Waals surface area contributed by atoms with Crippen molar-refractivity contribution in [3.05, 3.63) is 29.3 Å². The zero-order valence-electron chi connectivity index (χ0n) is 10.3. The Kier molecular flexibility index (Phi) is 4.77. The minimum Gasteiger partial charge on any atom is -0.374 e. The van der Waals surface area contributed by atoms with Crippen molar-refractivity contribution in [2.75, 3.05) is 18.1 Å². The van der Waals surface area contributed by atoms with Gasteiger partial charge in [-0.15, -0.1) is 12.4 Å². The smallest absolute Gasteiger partial charge is 0.0779 e. The Morgan fingerprint density at radius 1 is 1.22 bits per heavy atom. The number of fused-ring (bicyclic) bond motifs is 1. The van der Waals surface area contributed by atoms with E-state index < -0.39 is 0 Å². The molecule has 2 fully saturated rings. The minimum absolute atomic E-state index is 0. The van der Waals surface area contributed by atoms with Gasteiger partial charge in [-0.05, 0) is 31.0 Å². The Morgan fingerprint density at radius 2 is 2.06 bits per heavy atom. The van der Waals surface area contributed by atoms with E-state index in [2.05, 4.69) is 17.0 Å². The number of morpholine rings is 1. The summed E-state index contributed by atoms with van der Waals surface area (Å²) in [6.45, 7) is 1.83. The fraction of sp³-hybridized carbons (Fsp3) is 0.571. The van der Waals surface area contributed by atoms with Crippen LogP contribution in [-0.4, -0.2) is 25.3 Å². The molecule has 18 heavy (non-hydrogen) atoms. The second kappa shape index (κ2) is 6.14. The van der Waals surface area contributed by atoms with E-state index in [-0.39, 0.29) is 12.4 Å². The van der Waals surface area contributed by atoms with Gasteiger partial charge in [-0.3, -0.25) is 0 Å². The van der Waals surface area contributed by atoms with Crippen LogP contribution in [0.1, 0.15) is 25.7 Å². The van der Waals surface area contributed by atoms with Gasteiger partial charge in [0.2, 0.25) is 0 Å². The van der Waals surface area contributed by atoms with Gasteiger partial charge >= 0.3 is 0 Å². The highest BCUT2D eigenvalue weighted by atomic mass is 35.5. The Morgan fingerprint density at radius 3 is 2.89 bits per heavy atom. The van der Waals surface area contributed by atoms with Crippen LogP contribution < -0.4 is 4.90 Å². The van der Waals surface area contributed by atoms with E-state index in [1.807, 2.05) is 12.1 Å². The molecule has 1 heterocycles. The van der Waals surface area contributed by atoms with E-state index >= 15 is 0 Å². The van der Waals surface area contributed by atoms with Crippen molar-refractivity contribution in [2.24, 2.45) is 0 Å². The molecular formula is C14H19Cl2NO. The molecule has 0 amide bonds. The molecule has 0 N–H and O–H groups in total. The monoisotopic (exact) mass is 287 g/mol. The van der Waals surface area contributed by atoms with Crippen LogP contribution in [0.5, 0.6) is 0 Å². The average Bonchev–Trinajstić information content (AvgIpc) is 2.38. The maximum absolute atomic E-state index is 6.08. The van der Waals surface area contributed by atoms with Crippen LogP contribution in [0.15, 0.2) is 24.3 Å². The van der Waals surface area contributed by atoms with Crippen LogP contribution in [-0.2, 0) is 4.74 Å². The molecule has 2 nitrogen and oxygen atoms in total. The second-order valence-electron chi connectivity index (χ2n) is 4.93. The summed E-state index contributed by atoms with van der Waals surface area (Å²) in [5, 5.41) is 0.821. The lowest BCUT2D eigenvalue weighted by Gasteiger charge is -2.45. The third kappa shape index (κ3) is 2.76. The van der Waals surface area contributed by atoms with Crippen molar-refractivity contribution >= 4 is 29.7 Å². The van der Waals surface area contributed by atoms with Crippen LogP contribution in [0.3, 0.4) is 0 Å². The van der Waals surface area contributed by atoms with Crippen molar-refractivity contribution in [2.45, 2.75) is 37.8 Å². The van der Waals surface area contributed by atoms with Gasteiger partial charge in [-0.2, -0.15) is 0 Å². The number of halogens is 2. The van der Waals surface area contributed by atoms with E-state index in [9.17, 15) is 0 Å². The van der Waals surface area contributed by atoms with Crippen LogP contribution in [0.4, 0.5) is 5.69 Å². The average molecular weight is 288 g/mol. The van der Waals surface area contributed by atoms with Crippen molar-refractivity contribution in [1.29, 1.82) is 0 Å². The van der Waals surface area contributed by atoms with E-state index in [0.717, 1.165) is 18.2 Å². The zero-order chi connectivity index (χ0) is 11.7. The van der Waals surface area contributed by atoms with Gasteiger partial charge in [-0.25, -0.2) is 0 Å². The standard InChI is InChI=1S/C14H18ClNO.ClH/c15-11-4-3-5-12(10-11)16-8-9-17-14-7-2-1-6-13(14)16;/h3-5,10,13-14H,1-2,6-9H2;1H/t13-,14-;/m1./s1. The highest BCUT2D eigenvalue weighted by Gasteiger charge is 2.34.